The molecule has 1 amide bonds. The van der Waals surface area contributed by atoms with Crippen LogP contribution in [0.3, 0.4) is 0 Å². The molecule has 3 unspecified atom stereocenters. The van der Waals surface area contributed by atoms with Crippen LogP contribution in [0.25, 0.3) is 0 Å². The van der Waals surface area contributed by atoms with E-state index in [0.717, 1.165) is 9.37 Å². The number of rotatable bonds is 5. The molecule has 0 saturated carbocycles. The fourth-order valence-electron chi connectivity index (χ4n) is 2.45. The molecule has 0 spiro atoms. The van der Waals surface area contributed by atoms with Gasteiger partial charge in [0.2, 0.25) is 5.91 Å². The molecule has 0 radical (unpaired) electrons. The SMILES string of the molecule is COC1CC(C(=O)O)N(C(=O)C(C)Sc2ccc(Br)cc2)C1. The Morgan fingerprint density at radius 3 is 2.59 bits per heavy atom. The van der Waals surface area contributed by atoms with E-state index >= 15 is 0 Å². The molecule has 1 N–H and O–H groups in total. The summed E-state index contributed by atoms with van der Waals surface area (Å²) in [6, 6.07) is 6.88. The van der Waals surface area contributed by atoms with Crippen molar-refractivity contribution in [3.63, 3.8) is 0 Å². The highest BCUT2D eigenvalue weighted by molar-refractivity contribution is 9.10. The van der Waals surface area contributed by atoms with Crippen LogP contribution in [-0.4, -0.2) is 52.9 Å². The van der Waals surface area contributed by atoms with Gasteiger partial charge in [0.1, 0.15) is 6.04 Å². The lowest BCUT2D eigenvalue weighted by Crippen LogP contribution is -2.44. The maximum atomic E-state index is 12.6. The topological polar surface area (TPSA) is 66.8 Å². The smallest absolute Gasteiger partial charge is 0.326 e. The Labute approximate surface area is 142 Å². The van der Waals surface area contributed by atoms with E-state index in [9.17, 15) is 14.7 Å². The standard InChI is InChI=1S/C15H18BrNO4S/c1-9(22-12-5-3-10(16)4-6-12)14(18)17-8-11(21-2)7-13(17)15(19)20/h3-6,9,11,13H,7-8H2,1-2H3,(H,19,20). The zero-order valence-corrected chi connectivity index (χ0v) is 14.8. The monoisotopic (exact) mass is 387 g/mol. The van der Waals surface area contributed by atoms with Gasteiger partial charge in [-0.3, -0.25) is 4.79 Å². The van der Waals surface area contributed by atoms with Crippen LogP contribution in [0, 0.1) is 0 Å². The first kappa shape index (κ1) is 17.3. The number of carbonyl (C=O) groups excluding carboxylic acids is 1. The van der Waals surface area contributed by atoms with E-state index in [1.165, 1.54) is 23.8 Å². The van der Waals surface area contributed by atoms with Gasteiger partial charge in [-0.1, -0.05) is 15.9 Å². The van der Waals surface area contributed by atoms with Crippen molar-refractivity contribution in [3.8, 4) is 0 Å². The lowest BCUT2D eigenvalue weighted by molar-refractivity contribution is -0.147. The number of hydrogen-bond donors (Lipinski definition) is 1. The number of hydrogen-bond acceptors (Lipinski definition) is 4. The summed E-state index contributed by atoms with van der Waals surface area (Å²) in [5.74, 6) is -1.14. The first-order chi connectivity index (χ1) is 10.4. The normalized spacial score (nSPS) is 22.6. The van der Waals surface area contributed by atoms with Crippen molar-refractivity contribution in [2.24, 2.45) is 0 Å². The number of thioether (sulfide) groups is 1. The zero-order chi connectivity index (χ0) is 16.3. The Hall–Kier alpha value is -1.05. The Morgan fingerprint density at radius 2 is 2.05 bits per heavy atom. The summed E-state index contributed by atoms with van der Waals surface area (Å²) in [7, 11) is 1.54. The average Bonchev–Trinajstić information content (AvgIpc) is 2.93. The summed E-state index contributed by atoms with van der Waals surface area (Å²) < 4.78 is 6.19. The zero-order valence-electron chi connectivity index (χ0n) is 12.4. The third-order valence-corrected chi connectivity index (χ3v) is 5.27. The molecule has 0 aliphatic carbocycles. The number of carbonyl (C=O) groups is 2. The van der Waals surface area contributed by atoms with Crippen LogP contribution in [0.15, 0.2) is 33.6 Å². The van der Waals surface area contributed by atoms with Gasteiger partial charge < -0.3 is 14.7 Å². The van der Waals surface area contributed by atoms with Crippen molar-refractivity contribution in [3.05, 3.63) is 28.7 Å². The lowest BCUT2D eigenvalue weighted by atomic mass is 10.2. The Kier molecular flexibility index (Phi) is 5.88. The number of aliphatic carboxylic acids is 1. The number of benzene rings is 1. The molecule has 7 heteroatoms. The summed E-state index contributed by atoms with van der Waals surface area (Å²) in [6.45, 7) is 2.13. The average molecular weight is 388 g/mol. The number of ether oxygens (including phenoxy) is 1. The van der Waals surface area contributed by atoms with Crippen molar-refractivity contribution >= 4 is 39.6 Å². The number of halogens is 1. The second kappa shape index (κ2) is 7.48. The largest absolute Gasteiger partial charge is 0.480 e. The molecular formula is C15H18BrNO4S. The van der Waals surface area contributed by atoms with E-state index < -0.39 is 12.0 Å². The number of likely N-dealkylation sites (tertiary alicyclic amines) is 1. The van der Waals surface area contributed by atoms with Crippen molar-refractivity contribution in [1.82, 2.24) is 4.90 Å². The third-order valence-electron chi connectivity index (χ3n) is 3.64. The molecule has 1 aromatic rings. The molecule has 22 heavy (non-hydrogen) atoms. The maximum absolute atomic E-state index is 12.6. The number of carboxylic acids is 1. The lowest BCUT2D eigenvalue weighted by Gasteiger charge is -2.24. The molecule has 5 nitrogen and oxygen atoms in total. The fourth-order valence-corrected chi connectivity index (χ4v) is 3.65. The molecule has 1 fully saturated rings. The molecule has 0 aromatic heterocycles. The first-order valence-electron chi connectivity index (χ1n) is 6.90. The van der Waals surface area contributed by atoms with E-state index in [0.29, 0.717) is 13.0 Å². The third kappa shape index (κ3) is 4.02. The number of nitrogens with zero attached hydrogens (tertiary/aromatic N) is 1. The molecule has 1 saturated heterocycles. The van der Waals surface area contributed by atoms with Gasteiger partial charge in [-0.25, -0.2) is 4.79 Å². The van der Waals surface area contributed by atoms with Crippen molar-refractivity contribution < 1.29 is 19.4 Å². The fraction of sp³-hybridized carbons (Fsp3) is 0.467. The van der Waals surface area contributed by atoms with Crippen molar-refractivity contribution in [2.45, 2.75) is 35.6 Å². The minimum absolute atomic E-state index is 0.167. The molecule has 0 bridgehead atoms. The van der Waals surface area contributed by atoms with Crippen LogP contribution in [0.2, 0.25) is 0 Å². The quantitative estimate of drug-likeness (QED) is 0.786. The van der Waals surface area contributed by atoms with Crippen LogP contribution < -0.4 is 0 Å². The molecule has 1 aromatic carbocycles. The van der Waals surface area contributed by atoms with Crippen LogP contribution in [0.1, 0.15) is 13.3 Å². The summed E-state index contributed by atoms with van der Waals surface area (Å²) in [5, 5.41) is 8.94. The predicted molar refractivity (Wildman–Crippen MR) is 88.0 cm³/mol. The highest BCUT2D eigenvalue weighted by Crippen LogP contribution is 2.29. The summed E-state index contributed by atoms with van der Waals surface area (Å²) in [5.41, 5.74) is 0. The summed E-state index contributed by atoms with van der Waals surface area (Å²) in [6.07, 6.45) is 0.127. The molecule has 1 heterocycles. The van der Waals surface area contributed by atoms with Gasteiger partial charge >= 0.3 is 5.97 Å². The number of amides is 1. The Bertz CT molecular complexity index is 551. The minimum atomic E-state index is -0.978. The summed E-state index contributed by atoms with van der Waals surface area (Å²) in [4.78, 5) is 26.3. The van der Waals surface area contributed by atoms with E-state index in [1.807, 2.05) is 24.3 Å². The molecule has 120 valence electrons. The second-order valence-corrected chi connectivity index (χ2v) is 7.48. The molecule has 3 atom stereocenters. The van der Waals surface area contributed by atoms with Gasteiger partial charge in [0.25, 0.3) is 0 Å². The highest BCUT2D eigenvalue weighted by atomic mass is 79.9. The van der Waals surface area contributed by atoms with Gasteiger partial charge in [-0.2, -0.15) is 0 Å². The van der Waals surface area contributed by atoms with Gasteiger partial charge in [-0.05, 0) is 31.2 Å². The van der Waals surface area contributed by atoms with Crippen LogP contribution >= 0.6 is 27.7 Å². The number of carboxylic acid groups (broad SMARTS) is 1. The number of methoxy groups -OCH3 is 1. The molecule has 1 aliphatic rings. The van der Waals surface area contributed by atoms with E-state index in [4.69, 9.17) is 4.74 Å². The Balaban J connectivity index is 2.05. The van der Waals surface area contributed by atoms with Crippen molar-refractivity contribution in [2.75, 3.05) is 13.7 Å². The molecule has 1 aliphatic heterocycles. The van der Waals surface area contributed by atoms with E-state index in [-0.39, 0.29) is 17.3 Å². The van der Waals surface area contributed by atoms with Gasteiger partial charge in [0, 0.05) is 29.4 Å². The van der Waals surface area contributed by atoms with Crippen molar-refractivity contribution in [1.29, 1.82) is 0 Å². The van der Waals surface area contributed by atoms with Gasteiger partial charge in [0.05, 0.1) is 11.4 Å². The summed E-state index contributed by atoms with van der Waals surface area (Å²) >= 11 is 4.79. The minimum Gasteiger partial charge on any atom is -0.480 e. The molecule has 2 rings (SSSR count). The predicted octanol–water partition coefficient (Wildman–Crippen LogP) is 2.63. The Morgan fingerprint density at radius 1 is 1.41 bits per heavy atom. The van der Waals surface area contributed by atoms with Crippen LogP contribution in [0.4, 0.5) is 0 Å². The second-order valence-electron chi connectivity index (χ2n) is 5.15. The van der Waals surface area contributed by atoms with Gasteiger partial charge in [-0.15, -0.1) is 11.8 Å². The maximum Gasteiger partial charge on any atom is 0.326 e. The highest BCUT2D eigenvalue weighted by Gasteiger charge is 2.41. The van der Waals surface area contributed by atoms with Crippen LogP contribution in [0.5, 0.6) is 0 Å². The van der Waals surface area contributed by atoms with Crippen LogP contribution in [-0.2, 0) is 14.3 Å². The first-order valence-corrected chi connectivity index (χ1v) is 8.58. The van der Waals surface area contributed by atoms with Gasteiger partial charge in [0.15, 0.2) is 0 Å². The molecular weight excluding hydrogens is 370 g/mol. The van der Waals surface area contributed by atoms with E-state index in [2.05, 4.69) is 15.9 Å². The van der Waals surface area contributed by atoms with E-state index in [1.54, 1.807) is 6.92 Å².